The number of hydrogen-bond donors (Lipinski definition) is 0. The van der Waals surface area contributed by atoms with Gasteiger partial charge >= 0.3 is 0 Å². The van der Waals surface area contributed by atoms with Crippen LogP contribution in [0.15, 0.2) is 30.3 Å². The van der Waals surface area contributed by atoms with Crippen molar-refractivity contribution < 1.29 is 14.2 Å². The Labute approximate surface area is 145 Å². The molecule has 0 N–H and O–H groups in total. The lowest BCUT2D eigenvalue weighted by atomic mass is 9.55. The molecule has 4 rings (SSSR count). The molecule has 4 atom stereocenters. The van der Waals surface area contributed by atoms with Crippen LogP contribution in [-0.2, 0) is 20.8 Å². The fourth-order valence-electron chi connectivity index (χ4n) is 5.24. The Balaban J connectivity index is 1.44. The van der Waals surface area contributed by atoms with Crippen molar-refractivity contribution in [1.29, 1.82) is 0 Å². The van der Waals surface area contributed by atoms with Crippen LogP contribution in [0.3, 0.4) is 0 Å². The molecule has 3 aliphatic rings. The normalized spacial score (nSPS) is 38.2. The van der Waals surface area contributed by atoms with Crippen molar-refractivity contribution in [3.8, 4) is 0 Å². The third kappa shape index (κ3) is 3.02. The van der Waals surface area contributed by atoms with Crippen molar-refractivity contribution in [1.82, 2.24) is 0 Å². The van der Waals surface area contributed by atoms with Gasteiger partial charge in [0.25, 0.3) is 0 Å². The zero-order valence-corrected chi connectivity index (χ0v) is 15.0. The zero-order valence-electron chi connectivity index (χ0n) is 15.0. The Hall–Kier alpha value is -0.900. The van der Waals surface area contributed by atoms with Gasteiger partial charge in [-0.15, -0.1) is 0 Å². The highest BCUT2D eigenvalue weighted by Crippen LogP contribution is 2.57. The van der Waals surface area contributed by atoms with Crippen LogP contribution in [0.1, 0.15) is 51.5 Å². The fourth-order valence-corrected chi connectivity index (χ4v) is 5.24. The van der Waals surface area contributed by atoms with Gasteiger partial charge in [-0.3, -0.25) is 0 Å². The molecule has 24 heavy (non-hydrogen) atoms. The number of benzene rings is 1. The van der Waals surface area contributed by atoms with E-state index in [9.17, 15) is 0 Å². The second-order valence-corrected chi connectivity index (χ2v) is 8.31. The van der Waals surface area contributed by atoms with E-state index in [0.717, 1.165) is 32.7 Å². The molecular weight excluding hydrogens is 300 g/mol. The average Bonchev–Trinajstić information content (AvgIpc) is 3.06. The van der Waals surface area contributed by atoms with Gasteiger partial charge in [-0.25, -0.2) is 0 Å². The fraction of sp³-hybridized carbons (Fsp3) is 0.714. The maximum absolute atomic E-state index is 6.34. The van der Waals surface area contributed by atoms with Gasteiger partial charge in [0.2, 0.25) is 0 Å². The maximum Gasteiger partial charge on any atom is 0.168 e. The van der Waals surface area contributed by atoms with Crippen LogP contribution in [0.25, 0.3) is 0 Å². The topological polar surface area (TPSA) is 27.7 Å². The minimum absolute atomic E-state index is 0.292. The average molecular weight is 330 g/mol. The Morgan fingerprint density at radius 2 is 1.83 bits per heavy atom. The van der Waals surface area contributed by atoms with Crippen molar-refractivity contribution in [3.63, 3.8) is 0 Å². The largest absolute Gasteiger partial charge is 0.373 e. The molecule has 132 valence electrons. The molecule has 1 spiro atoms. The Kier molecular flexibility index (Phi) is 4.44. The summed E-state index contributed by atoms with van der Waals surface area (Å²) in [5.41, 5.74) is 1.69. The number of rotatable bonds is 3. The first-order valence-electron chi connectivity index (χ1n) is 9.54. The van der Waals surface area contributed by atoms with E-state index in [4.69, 9.17) is 14.2 Å². The van der Waals surface area contributed by atoms with E-state index in [0.29, 0.717) is 23.4 Å². The number of ether oxygens (including phenoxy) is 3. The third-order valence-electron chi connectivity index (χ3n) is 6.84. The van der Waals surface area contributed by atoms with Crippen molar-refractivity contribution in [2.75, 3.05) is 13.2 Å². The van der Waals surface area contributed by atoms with Crippen LogP contribution in [-0.4, -0.2) is 25.1 Å². The van der Waals surface area contributed by atoms with Crippen LogP contribution in [0.2, 0.25) is 0 Å². The summed E-state index contributed by atoms with van der Waals surface area (Å²) in [6.07, 6.45) is 6.10. The van der Waals surface area contributed by atoms with Crippen molar-refractivity contribution in [2.45, 2.75) is 64.4 Å². The van der Waals surface area contributed by atoms with Crippen LogP contribution < -0.4 is 0 Å². The summed E-state index contributed by atoms with van der Waals surface area (Å²) in [6, 6.07) is 10.5. The second-order valence-electron chi connectivity index (χ2n) is 8.31. The van der Waals surface area contributed by atoms with E-state index in [2.05, 4.69) is 44.2 Å². The summed E-state index contributed by atoms with van der Waals surface area (Å²) in [4.78, 5) is 0. The third-order valence-corrected chi connectivity index (χ3v) is 6.84. The van der Waals surface area contributed by atoms with Gasteiger partial charge in [0, 0.05) is 12.8 Å². The molecule has 3 nitrogen and oxygen atoms in total. The molecule has 0 amide bonds. The van der Waals surface area contributed by atoms with Crippen molar-refractivity contribution in [2.24, 2.45) is 17.3 Å². The summed E-state index contributed by atoms with van der Waals surface area (Å²) in [6.45, 7) is 7.09. The van der Waals surface area contributed by atoms with Crippen LogP contribution in [0.5, 0.6) is 0 Å². The molecule has 0 radical (unpaired) electrons. The first-order chi connectivity index (χ1) is 11.6. The Morgan fingerprint density at radius 1 is 1.08 bits per heavy atom. The monoisotopic (exact) mass is 330 g/mol. The van der Waals surface area contributed by atoms with Crippen LogP contribution in [0.4, 0.5) is 0 Å². The molecule has 1 aliphatic heterocycles. The minimum atomic E-state index is -0.292. The molecule has 2 saturated carbocycles. The molecule has 0 unspecified atom stereocenters. The Morgan fingerprint density at radius 3 is 2.58 bits per heavy atom. The van der Waals surface area contributed by atoms with E-state index in [1.807, 2.05) is 0 Å². The molecular formula is C21H30O3. The lowest BCUT2D eigenvalue weighted by Gasteiger charge is -2.54. The molecule has 2 aliphatic carbocycles. The predicted molar refractivity (Wildman–Crippen MR) is 93.5 cm³/mol. The lowest BCUT2D eigenvalue weighted by Crippen LogP contribution is -2.52. The molecule has 1 saturated heterocycles. The quantitative estimate of drug-likeness (QED) is 0.813. The Bertz CT molecular complexity index is 551. The minimum Gasteiger partial charge on any atom is -0.373 e. The van der Waals surface area contributed by atoms with Gasteiger partial charge in [0.15, 0.2) is 5.79 Å². The molecule has 3 heteroatoms. The predicted octanol–water partition coefficient (Wildman–Crippen LogP) is 4.55. The second kappa shape index (κ2) is 6.44. The van der Waals surface area contributed by atoms with Crippen LogP contribution in [0, 0.1) is 17.3 Å². The molecule has 3 fully saturated rings. The summed E-state index contributed by atoms with van der Waals surface area (Å²) in [5.74, 6) is 0.885. The maximum atomic E-state index is 6.34. The summed E-state index contributed by atoms with van der Waals surface area (Å²) < 4.78 is 18.4. The van der Waals surface area contributed by atoms with Gasteiger partial charge in [0.1, 0.15) is 0 Å². The van der Waals surface area contributed by atoms with Gasteiger partial charge in [-0.1, -0.05) is 44.2 Å². The first kappa shape index (κ1) is 16.6. The van der Waals surface area contributed by atoms with Gasteiger partial charge < -0.3 is 14.2 Å². The highest BCUT2D eigenvalue weighted by atomic mass is 16.7. The van der Waals surface area contributed by atoms with E-state index in [-0.39, 0.29) is 5.79 Å². The number of fused-ring (bicyclic) bond motifs is 1. The molecule has 0 aromatic heterocycles. The van der Waals surface area contributed by atoms with E-state index >= 15 is 0 Å². The smallest absolute Gasteiger partial charge is 0.168 e. The SMILES string of the molecule is C[C@@H]1[C@@H](OCc2ccccc2)CC[C@]2(C)CCC3(C[C@@H]12)OCCO3. The van der Waals surface area contributed by atoms with Crippen molar-refractivity contribution in [3.05, 3.63) is 35.9 Å². The highest BCUT2D eigenvalue weighted by molar-refractivity contribution is 5.13. The zero-order chi connectivity index (χ0) is 16.6. The lowest BCUT2D eigenvalue weighted by molar-refractivity contribution is -0.226. The molecule has 1 heterocycles. The van der Waals surface area contributed by atoms with Crippen molar-refractivity contribution >= 4 is 0 Å². The standard InChI is InChI=1S/C21H30O3/c1-16-18-14-21(23-12-13-24-21)11-10-20(18,2)9-8-19(16)22-15-17-6-4-3-5-7-17/h3-7,16,18-19H,8-15H2,1-2H3/t16-,18-,19-,20+/m0/s1. The summed E-state index contributed by atoms with van der Waals surface area (Å²) >= 11 is 0. The molecule has 1 aromatic rings. The van der Waals surface area contributed by atoms with E-state index in [1.165, 1.54) is 24.8 Å². The summed E-state index contributed by atoms with van der Waals surface area (Å²) in [5, 5.41) is 0. The van der Waals surface area contributed by atoms with E-state index in [1.54, 1.807) is 0 Å². The summed E-state index contributed by atoms with van der Waals surface area (Å²) in [7, 11) is 0. The molecule has 0 bridgehead atoms. The van der Waals surface area contributed by atoms with Gasteiger partial charge in [-0.05, 0) is 42.1 Å². The van der Waals surface area contributed by atoms with Gasteiger partial charge in [0.05, 0.1) is 25.9 Å². The molecule has 1 aromatic carbocycles. The first-order valence-corrected chi connectivity index (χ1v) is 9.54. The van der Waals surface area contributed by atoms with E-state index < -0.39 is 0 Å². The highest BCUT2D eigenvalue weighted by Gasteiger charge is 2.54. The number of hydrogen-bond acceptors (Lipinski definition) is 3. The van der Waals surface area contributed by atoms with Crippen LogP contribution >= 0.6 is 0 Å². The van der Waals surface area contributed by atoms with Gasteiger partial charge in [-0.2, -0.15) is 0 Å².